The highest BCUT2D eigenvalue weighted by Gasteiger charge is 2.35. The predicted octanol–water partition coefficient (Wildman–Crippen LogP) is 5.15. The summed E-state index contributed by atoms with van der Waals surface area (Å²) in [5, 5.41) is 6.63. The number of carbonyl (C=O) groups excluding carboxylic acids is 1. The van der Waals surface area contributed by atoms with Crippen molar-refractivity contribution in [3.05, 3.63) is 48.4 Å². The summed E-state index contributed by atoms with van der Waals surface area (Å²) in [5.74, 6) is 2.19. The summed E-state index contributed by atoms with van der Waals surface area (Å²) in [4.78, 5) is 36.7. The Labute approximate surface area is 252 Å². The fourth-order valence-corrected chi connectivity index (χ4v) is 5.43. The van der Waals surface area contributed by atoms with Gasteiger partial charge in [0.1, 0.15) is 24.3 Å². The molecule has 1 atom stereocenters. The first kappa shape index (κ1) is 29.6. The average Bonchev–Trinajstić information content (AvgIpc) is 3.76. The van der Waals surface area contributed by atoms with Crippen LogP contribution in [0.15, 0.2) is 42.9 Å². The molecule has 0 bridgehead atoms. The summed E-state index contributed by atoms with van der Waals surface area (Å²) in [6.45, 7) is 4.38. The largest absolute Gasteiger partial charge is 0.491 e. The number of hydrogen-bond donors (Lipinski definition) is 3. The second-order valence-corrected chi connectivity index (χ2v) is 11.2. The fourth-order valence-electron chi connectivity index (χ4n) is 5.43. The van der Waals surface area contributed by atoms with E-state index in [1.807, 2.05) is 37.3 Å². The number of rotatable bonds is 10. The van der Waals surface area contributed by atoms with Crippen molar-refractivity contribution in [1.82, 2.24) is 34.7 Å². The summed E-state index contributed by atoms with van der Waals surface area (Å²) >= 11 is 0. The standard InChI is InChI=1S/C30H34F3N9O2/c1-18(41-9-11-42(12-10-41)25(43)15-30(31,32)33)20-7-8-34-24(14-20)40-29-38-22-6-5-21(13-23(22)39-29)26-27(44-2)28(37-17-36-26)35-16-19-3-4-19/h5-8,13-14,17-19H,3-4,9-12,15-16H2,1-2H3,(H,35,36,37)(H2,34,38,39,40). The Kier molecular flexibility index (Phi) is 8.25. The number of nitrogens with one attached hydrogen (secondary N) is 3. The SMILES string of the molecule is COc1c(NCC2CC2)ncnc1-c1ccc2nc(Nc3cc(C(C)N4CCN(C(=O)CC(F)(F)F)CC4)ccn3)[nH]c2c1. The molecule has 1 saturated carbocycles. The Morgan fingerprint density at radius 3 is 2.64 bits per heavy atom. The van der Waals surface area contributed by atoms with Gasteiger partial charge in [-0.2, -0.15) is 13.2 Å². The number of aromatic amines is 1. The third-order valence-electron chi connectivity index (χ3n) is 8.10. The van der Waals surface area contributed by atoms with E-state index in [-0.39, 0.29) is 19.1 Å². The van der Waals surface area contributed by atoms with Gasteiger partial charge in [-0.1, -0.05) is 6.07 Å². The summed E-state index contributed by atoms with van der Waals surface area (Å²) < 4.78 is 43.6. The number of hydrogen-bond acceptors (Lipinski definition) is 9. The molecule has 232 valence electrons. The average molecular weight is 610 g/mol. The van der Waals surface area contributed by atoms with Gasteiger partial charge in [0.15, 0.2) is 11.6 Å². The lowest BCUT2D eigenvalue weighted by molar-refractivity contribution is -0.162. The van der Waals surface area contributed by atoms with Crippen molar-refractivity contribution in [3.8, 4) is 17.0 Å². The molecule has 2 fully saturated rings. The van der Waals surface area contributed by atoms with Crippen molar-refractivity contribution in [3.63, 3.8) is 0 Å². The number of carbonyl (C=O) groups is 1. The minimum Gasteiger partial charge on any atom is -0.491 e. The quantitative estimate of drug-likeness (QED) is 0.224. The van der Waals surface area contributed by atoms with Gasteiger partial charge >= 0.3 is 6.18 Å². The molecule has 1 unspecified atom stereocenters. The summed E-state index contributed by atoms with van der Waals surface area (Å²) in [6.07, 6.45) is -0.213. The lowest BCUT2D eigenvalue weighted by Gasteiger charge is -2.38. The maximum Gasteiger partial charge on any atom is 0.397 e. The van der Waals surface area contributed by atoms with Crippen molar-refractivity contribution >= 4 is 34.5 Å². The van der Waals surface area contributed by atoms with E-state index in [1.165, 1.54) is 24.1 Å². The van der Waals surface area contributed by atoms with Crippen LogP contribution in [0, 0.1) is 5.92 Å². The molecule has 0 spiro atoms. The number of benzene rings is 1. The number of halogens is 3. The van der Waals surface area contributed by atoms with Crippen molar-refractivity contribution in [1.29, 1.82) is 0 Å². The highest BCUT2D eigenvalue weighted by atomic mass is 19.4. The van der Waals surface area contributed by atoms with E-state index in [1.54, 1.807) is 13.3 Å². The zero-order valence-electron chi connectivity index (χ0n) is 24.5. The number of imidazole rings is 1. The van der Waals surface area contributed by atoms with E-state index >= 15 is 0 Å². The monoisotopic (exact) mass is 609 g/mol. The second kappa shape index (κ2) is 12.3. The Morgan fingerprint density at radius 1 is 1.11 bits per heavy atom. The first-order chi connectivity index (χ1) is 21.2. The van der Waals surface area contributed by atoms with Crippen LogP contribution in [0.5, 0.6) is 5.75 Å². The number of methoxy groups -OCH3 is 1. The lowest BCUT2D eigenvalue weighted by atomic mass is 10.1. The number of anilines is 3. The molecule has 3 N–H and O–H groups in total. The molecule has 3 aromatic heterocycles. The Morgan fingerprint density at radius 2 is 1.91 bits per heavy atom. The van der Waals surface area contributed by atoms with Gasteiger partial charge in [0.05, 0.1) is 18.1 Å². The fraction of sp³-hybridized carbons (Fsp3) is 0.433. The van der Waals surface area contributed by atoms with Gasteiger partial charge in [-0.25, -0.2) is 19.9 Å². The predicted molar refractivity (Wildman–Crippen MR) is 160 cm³/mol. The van der Waals surface area contributed by atoms with Crippen LogP contribution in [0.4, 0.5) is 30.8 Å². The van der Waals surface area contributed by atoms with Crippen LogP contribution in [0.2, 0.25) is 0 Å². The maximum absolute atomic E-state index is 12.6. The summed E-state index contributed by atoms with van der Waals surface area (Å²) in [5.41, 5.74) is 4.09. The topological polar surface area (TPSA) is 124 Å². The molecule has 1 amide bonds. The molecule has 1 saturated heterocycles. The maximum atomic E-state index is 12.6. The number of piperazine rings is 1. The molecule has 44 heavy (non-hydrogen) atoms. The molecule has 2 aliphatic rings. The van der Waals surface area contributed by atoms with E-state index < -0.39 is 18.5 Å². The van der Waals surface area contributed by atoms with Gasteiger partial charge in [0, 0.05) is 50.5 Å². The van der Waals surface area contributed by atoms with Crippen LogP contribution in [0.3, 0.4) is 0 Å². The van der Waals surface area contributed by atoms with Gasteiger partial charge in [-0.3, -0.25) is 9.69 Å². The van der Waals surface area contributed by atoms with Gasteiger partial charge < -0.3 is 25.3 Å². The van der Waals surface area contributed by atoms with Gasteiger partial charge in [-0.05, 0) is 55.5 Å². The summed E-state index contributed by atoms with van der Waals surface area (Å²) in [6, 6.07) is 9.63. The minimum absolute atomic E-state index is 0.0249. The molecule has 0 radical (unpaired) electrons. The zero-order chi connectivity index (χ0) is 30.8. The Hall–Kier alpha value is -4.46. The molecule has 1 aliphatic heterocycles. The van der Waals surface area contributed by atoms with Crippen LogP contribution in [-0.2, 0) is 4.79 Å². The second-order valence-electron chi connectivity index (χ2n) is 11.2. The molecule has 11 nitrogen and oxygen atoms in total. The molecule has 1 aromatic carbocycles. The van der Waals surface area contributed by atoms with Crippen molar-refractivity contribution in [2.75, 3.05) is 50.5 Å². The van der Waals surface area contributed by atoms with Crippen LogP contribution < -0.4 is 15.4 Å². The molecule has 4 aromatic rings. The van der Waals surface area contributed by atoms with Gasteiger partial charge in [-0.15, -0.1) is 0 Å². The van der Waals surface area contributed by atoms with Crippen molar-refractivity contribution < 1.29 is 22.7 Å². The van der Waals surface area contributed by atoms with Crippen LogP contribution in [0.1, 0.15) is 37.8 Å². The van der Waals surface area contributed by atoms with Crippen molar-refractivity contribution in [2.24, 2.45) is 5.92 Å². The van der Waals surface area contributed by atoms with Crippen LogP contribution >= 0.6 is 0 Å². The molecule has 1 aliphatic carbocycles. The first-order valence-electron chi connectivity index (χ1n) is 14.6. The van der Waals surface area contributed by atoms with E-state index in [0.717, 1.165) is 28.7 Å². The number of pyridine rings is 1. The number of fused-ring (bicyclic) bond motifs is 1. The minimum atomic E-state index is -4.50. The van der Waals surface area contributed by atoms with Crippen molar-refractivity contribution in [2.45, 2.75) is 38.4 Å². The number of H-pyrrole nitrogens is 1. The molecular weight excluding hydrogens is 575 g/mol. The number of aromatic nitrogens is 5. The number of ether oxygens (including phenoxy) is 1. The molecule has 14 heteroatoms. The smallest absolute Gasteiger partial charge is 0.397 e. The van der Waals surface area contributed by atoms with Gasteiger partial charge in [0.25, 0.3) is 0 Å². The third-order valence-corrected chi connectivity index (χ3v) is 8.10. The van der Waals surface area contributed by atoms with Gasteiger partial charge in [0.2, 0.25) is 11.9 Å². The van der Waals surface area contributed by atoms with E-state index in [0.29, 0.717) is 48.0 Å². The van der Waals surface area contributed by atoms with E-state index in [4.69, 9.17) is 4.74 Å². The molecular formula is C30H34F3N9O2. The lowest BCUT2D eigenvalue weighted by Crippen LogP contribution is -2.50. The Balaban J connectivity index is 1.12. The normalized spacial score (nSPS) is 16.6. The van der Waals surface area contributed by atoms with Crippen LogP contribution in [-0.4, -0.2) is 86.6 Å². The number of nitrogens with zero attached hydrogens (tertiary/aromatic N) is 6. The zero-order valence-corrected chi connectivity index (χ0v) is 24.5. The highest BCUT2D eigenvalue weighted by molar-refractivity contribution is 5.85. The summed E-state index contributed by atoms with van der Waals surface area (Å²) in [7, 11) is 1.61. The Bertz CT molecular complexity index is 1630. The molecule has 4 heterocycles. The van der Waals surface area contributed by atoms with E-state index in [2.05, 4.69) is 40.5 Å². The van der Waals surface area contributed by atoms with E-state index in [9.17, 15) is 18.0 Å². The number of alkyl halides is 3. The third kappa shape index (κ3) is 6.85. The molecule has 6 rings (SSSR count). The number of amides is 1. The first-order valence-corrected chi connectivity index (χ1v) is 14.6. The van der Waals surface area contributed by atoms with Crippen LogP contribution in [0.25, 0.3) is 22.3 Å². The highest BCUT2D eigenvalue weighted by Crippen LogP contribution is 2.36.